The highest BCUT2D eigenvalue weighted by Gasteiger charge is 2.14. The zero-order valence-electron chi connectivity index (χ0n) is 12.3. The highest BCUT2D eigenvalue weighted by molar-refractivity contribution is 6.30. The van der Waals surface area contributed by atoms with E-state index in [1.54, 1.807) is 13.3 Å². The van der Waals surface area contributed by atoms with E-state index in [4.69, 9.17) is 16.3 Å². The topological polar surface area (TPSA) is 27.1 Å². The number of benzene rings is 2. The van der Waals surface area contributed by atoms with Crippen molar-refractivity contribution in [3.05, 3.63) is 83.4 Å². The van der Waals surface area contributed by atoms with Gasteiger partial charge in [-0.25, -0.2) is 4.98 Å². The van der Waals surface area contributed by atoms with Gasteiger partial charge in [-0.3, -0.25) is 0 Å². The lowest BCUT2D eigenvalue weighted by molar-refractivity contribution is 0.414. The summed E-state index contributed by atoms with van der Waals surface area (Å²) in [5.74, 6) is 0.857. The van der Waals surface area contributed by atoms with Crippen LogP contribution < -0.4 is 4.74 Å². The minimum Gasteiger partial charge on any atom is -0.497 e. The van der Waals surface area contributed by atoms with Gasteiger partial charge in [-0.15, -0.1) is 0 Å². The molecule has 2 aromatic carbocycles. The summed E-state index contributed by atoms with van der Waals surface area (Å²) in [6.45, 7) is 0. The van der Waals surface area contributed by atoms with Crippen molar-refractivity contribution in [2.45, 2.75) is 12.5 Å². The van der Waals surface area contributed by atoms with E-state index in [1.807, 2.05) is 42.9 Å². The first-order valence-corrected chi connectivity index (χ1v) is 7.50. The second-order valence-corrected chi connectivity index (χ2v) is 5.57. The fraction of sp³-hybridized carbons (Fsp3) is 0.167. The monoisotopic (exact) mass is 312 g/mol. The summed E-state index contributed by atoms with van der Waals surface area (Å²) >= 11 is 6.10. The SMILES string of the molecule is COc1ccc([C@H](Cc2cccc(Cl)c2)n2ccnc2)cc1. The van der Waals surface area contributed by atoms with E-state index in [2.05, 4.69) is 27.8 Å². The summed E-state index contributed by atoms with van der Waals surface area (Å²) in [6, 6.07) is 16.3. The number of rotatable bonds is 5. The second kappa shape index (κ2) is 6.67. The number of imidazole rings is 1. The average Bonchev–Trinajstić information content (AvgIpc) is 3.07. The highest BCUT2D eigenvalue weighted by Crippen LogP contribution is 2.26. The van der Waals surface area contributed by atoms with E-state index in [0.717, 1.165) is 17.2 Å². The Bertz CT molecular complexity index is 723. The minimum atomic E-state index is 0.173. The minimum absolute atomic E-state index is 0.173. The molecule has 0 aliphatic rings. The molecule has 3 nitrogen and oxygen atoms in total. The normalized spacial score (nSPS) is 12.1. The van der Waals surface area contributed by atoms with Gasteiger partial charge in [-0.05, 0) is 41.8 Å². The molecule has 0 N–H and O–H groups in total. The first-order chi connectivity index (χ1) is 10.8. The number of hydrogen-bond donors (Lipinski definition) is 0. The van der Waals surface area contributed by atoms with Gasteiger partial charge < -0.3 is 9.30 Å². The van der Waals surface area contributed by atoms with Crippen molar-refractivity contribution in [1.29, 1.82) is 0 Å². The Kier molecular flexibility index (Phi) is 4.45. The van der Waals surface area contributed by atoms with Gasteiger partial charge in [0.05, 0.1) is 19.5 Å². The Balaban J connectivity index is 1.93. The van der Waals surface area contributed by atoms with Crippen molar-refractivity contribution >= 4 is 11.6 Å². The molecule has 22 heavy (non-hydrogen) atoms. The van der Waals surface area contributed by atoms with E-state index < -0.39 is 0 Å². The molecule has 4 heteroatoms. The fourth-order valence-electron chi connectivity index (χ4n) is 2.56. The van der Waals surface area contributed by atoms with Crippen LogP contribution in [0.3, 0.4) is 0 Å². The summed E-state index contributed by atoms with van der Waals surface area (Å²) in [7, 11) is 1.67. The van der Waals surface area contributed by atoms with Gasteiger partial charge >= 0.3 is 0 Å². The van der Waals surface area contributed by atoms with Gasteiger partial charge in [0.15, 0.2) is 0 Å². The molecule has 3 rings (SSSR count). The number of methoxy groups -OCH3 is 1. The van der Waals surface area contributed by atoms with Gasteiger partial charge in [0.25, 0.3) is 0 Å². The molecule has 0 radical (unpaired) electrons. The van der Waals surface area contributed by atoms with Crippen LogP contribution in [-0.4, -0.2) is 16.7 Å². The van der Waals surface area contributed by atoms with Crippen LogP contribution in [0.5, 0.6) is 5.75 Å². The number of aromatic nitrogens is 2. The molecule has 1 heterocycles. The van der Waals surface area contributed by atoms with E-state index in [1.165, 1.54) is 11.1 Å². The van der Waals surface area contributed by atoms with Crippen molar-refractivity contribution in [2.24, 2.45) is 0 Å². The third kappa shape index (κ3) is 3.31. The third-order valence-electron chi connectivity index (χ3n) is 3.70. The number of ether oxygens (including phenoxy) is 1. The lowest BCUT2D eigenvalue weighted by Crippen LogP contribution is -2.12. The van der Waals surface area contributed by atoms with Crippen molar-refractivity contribution < 1.29 is 4.74 Å². The Morgan fingerprint density at radius 3 is 2.64 bits per heavy atom. The second-order valence-electron chi connectivity index (χ2n) is 5.13. The molecule has 0 bridgehead atoms. The lowest BCUT2D eigenvalue weighted by atomic mass is 9.98. The Labute approximate surface area is 135 Å². The molecule has 0 spiro atoms. The summed E-state index contributed by atoms with van der Waals surface area (Å²) < 4.78 is 7.35. The van der Waals surface area contributed by atoms with Crippen LogP contribution in [-0.2, 0) is 6.42 Å². The first-order valence-electron chi connectivity index (χ1n) is 7.12. The number of hydrogen-bond acceptors (Lipinski definition) is 2. The van der Waals surface area contributed by atoms with Crippen LogP contribution >= 0.6 is 11.6 Å². The standard InChI is InChI=1S/C18H17ClN2O/c1-22-17-7-5-15(6-8-17)18(21-10-9-20-13-21)12-14-3-2-4-16(19)11-14/h2-11,13,18H,12H2,1H3/t18-/m0/s1. The zero-order chi connectivity index (χ0) is 15.4. The van der Waals surface area contributed by atoms with Gasteiger partial charge in [0.1, 0.15) is 5.75 Å². The number of halogens is 1. The molecule has 0 fully saturated rings. The molecule has 112 valence electrons. The Hall–Kier alpha value is -2.26. The van der Waals surface area contributed by atoms with Crippen molar-refractivity contribution in [3.8, 4) is 5.75 Å². The van der Waals surface area contributed by atoms with Crippen molar-refractivity contribution in [3.63, 3.8) is 0 Å². The maximum atomic E-state index is 6.10. The summed E-state index contributed by atoms with van der Waals surface area (Å²) in [6.07, 6.45) is 6.48. The molecular weight excluding hydrogens is 296 g/mol. The smallest absolute Gasteiger partial charge is 0.118 e. The van der Waals surface area contributed by atoms with Gasteiger partial charge in [0, 0.05) is 17.4 Å². The van der Waals surface area contributed by atoms with Crippen LogP contribution in [0.15, 0.2) is 67.3 Å². The van der Waals surface area contributed by atoms with Crippen molar-refractivity contribution in [1.82, 2.24) is 9.55 Å². The molecule has 0 amide bonds. The Morgan fingerprint density at radius 2 is 2.00 bits per heavy atom. The predicted octanol–water partition coefficient (Wildman–Crippen LogP) is 4.38. The lowest BCUT2D eigenvalue weighted by Gasteiger charge is -2.19. The fourth-order valence-corrected chi connectivity index (χ4v) is 2.78. The maximum Gasteiger partial charge on any atom is 0.118 e. The predicted molar refractivity (Wildman–Crippen MR) is 88.5 cm³/mol. The largest absolute Gasteiger partial charge is 0.497 e. The first kappa shape index (κ1) is 14.7. The van der Waals surface area contributed by atoms with Gasteiger partial charge in [-0.1, -0.05) is 35.9 Å². The quantitative estimate of drug-likeness (QED) is 0.699. The number of nitrogens with zero attached hydrogens (tertiary/aromatic N) is 2. The molecule has 0 saturated heterocycles. The summed E-state index contributed by atoms with van der Waals surface area (Å²) in [4.78, 5) is 4.17. The van der Waals surface area contributed by atoms with E-state index in [0.29, 0.717) is 0 Å². The van der Waals surface area contributed by atoms with E-state index >= 15 is 0 Å². The van der Waals surface area contributed by atoms with Crippen LogP contribution in [0.4, 0.5) is 0 Å². The zero-order valence-corrected chi connectivity index (χ0v) is 13.1. The van der Waals surface area contributed by atoms with Gasteiger partial charge in [-0.2, -0.15) is 0 Å². The maximum absolute atomic E-state index is 6.10. The summed E-state index contributed by atoms with van der Waals surface area (Å²) in [5.41, 5.74) is 2.40. The van der Waals surface area contributed by atoms with Crippen LogP contribution in [0.25, 0.3) is 0 Å². The average molecular weight is 313 g/mol. The van der Waals surface area contributed by atoms with Crippen molar-refractivity contribution in [2.75, 3.05) is 7.11 Å². The van der Waals surface area contributed by atoms with Gasteiger partial charge in [0.2, 0.25) is 0 Å². The molecule has 0 aliphatic carbocycles. The van der Waals surface area contributed by atoms with E-state index in [9.17, 15) is 0 Å². The molecule has 0 unspecified atom stereocenters. The Morgan fingerprint density at radius 1 is 1.18 bits per heavy atom. The van der Waals surface area contributed by atoms with Crippen LogP contribution in [0.1, 0.15) is 17.2 Å². The molecular formula is C18H17ClN2O. The highest BCUT2D eigenvalue weighted by atomic mass is 35.5. The molecule has 0 aliphatic heterocycles. The van der Waals surface area contributed by atoms with Crippen LogP contribution in [0.2, 0.25) is 5.02 Å². The van der Waals surface area contributed by atoms with E-state index in [-0.39, 0.29) is 6.04 Å². The third-order valence-corrected chi connectivity index (χ3v) is 3.94. The molecule has 0 saturated carbocycles. The molecule has 1 atom stereocenters. The summed E-state index contributed by atoms with van der Waals surface area (Å²) in [5, 5.41) is 0.761. The van der Waals surface area contributed by atoms with Crippen LogP contribution in [0, 0.1) is 0 Å². The molecule has 3 aromatic rings. The molecule has 1 aromatic heterocycles.